The van der Waals surface area contributed by atoms with Gasteiger partial charge in [-0.1, -0.05) is 61.0 Å². The average molecular weight is 604 g/mol. The number of ether oxygens (including phenoxy) is 1. The number of rotatable bonds is 9. The Morgan fingerprint density at radius 3 is 2.79 bits per heavy atom. The molecule has 8 heteroatoms. The number of carbonyl (C=O) groups excluding carboxylic acids is 2. The number of likely N-dealkylation sites (tertiary alicyclic amines) is 1. The number of methoxy groups -OCH3 is 1. The minimum absolute atomic E-state index is 0.00486. The van der Waals surface area contributed by atoms with Crippen LogP contribution in [0.25, 0.3) is 11.1 Å². The van der Waals surface area contributed by atoms with Gasteiger partial charge in [-0.3, -0.25) is 4.79 Å². The van der Waals surface area contributed by atoms with Crippen molar-refractivity contribution >= 4 is 23.6 Å². The van der Waals surface area contributed by atoms with Gasteiger partial charge in [0.15, 0.2) is 0 Å². The number of piperidine rings is 1. The number of nitrogens with one attached hydrogen (secondary N) is 2. The second-order valence-corrected chi connectivity index (χ2v) is 12.1. The number of hydrogen-bond acceptors (Lipinski definition) is 5. The average Bonchev–Trinajstić information content (AvgIpc) is 3.05. The highest BCUT2D eigenvalue weighted by atomic mass is 35.5. The van der Waals surface area contributed by atoms with E-state index in [0.29, 0.717) is 43.1 Å². The second kappa shape index (κ2) is 13.9. The molecule has 43 heavy (non-hydrogen) atoms. The van der Waals surface area contributed by atoms with Gasteiger partial charge in [-0.2, -0.15) is 0 Å². The normalized spacial score (nSPS) is 18.0. The number of nitrogens with zero attached hydrogens (tertiary/aromatic N) is 1. The molecule has 1 saturated heterocycles. The third-order valence-corrected chi connectivity index (χ3v) is 9.33. The Bertz CT molecular complexity index is 1460. The van der Waals surface area contributed by atoms with E-state index < -0.39 is 11.7 Å². The van der Waals surface area contributed by atoms with E-state index in [2.05, 4.69) is 35.8 Å². The second-order valence-electron chi connectivity index (χ2n) is 11.7. The van der Waals surface area contributed by atoms with Gasteiger partial charge in [-0.05, 0) is 91.1 Å². The third-order valence-electron chi connectivity index (χ3n) is 9.02. The summed E-state index contributed by atoms with van der Waals surface area (Å²) in [5, 5.41) is 19.5. The zero-order valence-electron chi connectivity index (χ0n) is 25.1. The monoisotopic (exact) mass is 603 g/mol. The Balaban J connectivity index is 1.48. The number of aryl methyl sites for hydroxylation is 1. The van der Waals surface area contributed by atoms with Gasteiger partial charge < -0.3 is 25.4 Å². The highest BCUT2D eigenvalue weighted by molar-refractivity contribution is 6.33. The molecule has 2 aliphatic heterocycles. The molecule has 0 aromatic heterocycles. The molecule has 3 aromatic carbocycles. The van der Waals surface area contributed by atoms with E-state index in [4.69, 9.17) is 16.3 Å². The van der Waals surface area contributed by atoms with E-state index >= 15 is 0 Å². The van der Waals surface area contributed by atoms with Crippen LogP contribution in [0, 0.1) is 5.92 Å². The molecule has 5 rings (SSSR count). The van der Waals surface area contributed by atoms with Crippen molar-refractivity contribution in [1.82, 2.24) is 15.5 Å². The maximum Gasteiger partial charge on any atom is 0.406 e. The van der Waals surface area contributed by atoms with Crippen LogP contribution in [-0.4, -0.2) is 55.3 Å². The Hall–Kier alpha value is -3.39. The van der Waals surface area contributed by atoms with Gasteiger partial charge in [-0.15, -0.1) is 0 Å². The first kappa shape index (κ1) is 31.0. The molecular formula is C35H42ClN3O4. The van der Waals surface area contributed by atoms with Crippen LogP contribution in [-0.2, 0) is 29.7 Å². The van der Waals surface area contributed by atoms with Gasteiger partial charge in [0.2, 0.25) is 0 Å². The highest BCUT2D eigenvalue weighted by Crippen LogP contribution is 2.45. The van der Waals surface area contributed by atoms with Crippen molar-refractivity contribution < 1.29 is 19.4 Å². The van der Waals surface area contributed by atoms with Crippen LogP contribution >= 0.6 is 11.6 Å². The van der Waals surface area contributed by atoms with E-state index in [0.717, 1.165) is 55.5 Å². The van der Waals surface area contributed by atoms with Crippen LogP contribution in [0.2, 0.25) is 5.02 Å². The van der Waals surface area contributed by atoms with E-state index in [9.17, 15) is 14.7 Å². The lowest BCUT2D eigenvalue weighted by atomic mass is 9.72. The fourth-order valence-electron chi connectivity index (χ4n) is 6.65. The lowest BCUT2D eigenvalue weighted by Crippen LogP contribution is -2.48. The molecular weight excluding hydrogens is 562 g/mol. The molecule has 2 amide bonds. The molecule has 2 atom stereocenters. The molecule has 0 saturated carbocycles. The predicted octanol–water partition coefficient (Wildman–Crippen LogP) is 6.09. The molecule has 0 bridgehead atoms. The largest absolute Gasteiger partial charge is 0.453 e. The smallest absolute Gasteiger partial charge is 0.406 e. The number of carbonyl (C=O) groups is 2. The molecule has 3 aromatic rings. The summed E-state index contributed by atoms with van der Waals surface area (Å²) in [6, 6.07) is 20.0. The minimum atomic E-state index is -1.29. The van der Waals surface area contributed by atoms with Crippen molar-refractivity contribution in [3.63, 3.8) is 0 Å². The number of hydrogen-bond donors (Lipinski definition) is 3. The molecule has 3 N–H and O–H groups in total. The summed E-state index contributed by atoms with van der Waals surface area (Å²) < 4.78 is 4.74. The first-order valence-corrected chi connectivity index (χ1v) is 15.8. The highest BCUT2D eigenvalue weighted by Gasteiger charge is 2.43. The fourth-order valence-corrected chi connectivity index (χ4v) is 6.94. The van der Waals surface area contributed by atoms with Gasteiger partial charge >= 0.3 is 6.09 Å². The topological polar surface area (TPSA) is 90.9 Å². The molecule has 0 unspecified atom stereocenters. The van der Waals surface area contributed by atoms with Gasteiger partial charge in [0.25, 0.3) is 5.91 Å². The minimum Gasteiger partial charge on any atom is -0.453 e. The van der Waals surface area contributed by atoms with Crippen molar-refractivity contribution in [2.75, 3.05) is 33.3 Å². The SMILES string of the molecule is CCc1cccc(-c2c(Cl)cccc2[C@](O)(CCCNC(=O)OC)[C@@H]2CCCN(C(=O)c3ccc4c(c3)CNCC4)C2)c1. The van der Waals surface area contributed by atoms with Crippen LogP contribution in [0.1, 0.15) is 65.2 Å². The summed E-state index contributed by atoms with van der Waals surface area (Å²) in [5.74, 6) is -0.232. The van der Waals surface area contributed by atoms with E-state index in [1.807, 2.05) is 47.4 Å². The van der Waals surface area contributed by atoms with Crippen molar-refractivity contribution in [2.24, 2.45) is 5.92 Å². The molecule has 228 valence electrons. The Kier molecular flexibility index (Phi) is 10.1. The van der Waals surface area contributed by atoms with Crippen LogP contribution in [0.5, 0.6) is 0 Å². The summed E-state index contributed by atoms with van der Waals surface area (Å²) in [6.07, 6.45) is 3.81. The lowest BCUT2D eigenvalue weighted by molar-refractivity contribution is -0.0563. The Labute approximate surface area is 259 Å². The van der Waals surface area contributed by atoms with Crippen molar-refractivity contribution in [1.29, 1.82) is 0 Å². The first-order valence-electron chi connectivity index (χ1n) is 15.4. The third kappa shape index (κ3) is 6.90. The standard InChI is InChI=1S/C35H42ClN3O4/c1-3-24-8-4-9-26(20-24)32-30(11-5-12-31(32)36)35(42,16-7-17-38-34(41)43-2)29-10-6-19-39(23-29)33(40)27-14-13-25-15-18-37-22-28(25)21-27/h4-5,8-9,11-14,20-21,29,37,42H,3,6-7,10,15-19,22-23H2,1-2H3,(H,38,41)/t29-,35+/m1/s1. The molecule has 7 nitrogen and oxygen atoms in total. The maximum atomic E-state index is 13.8. The number of alkyl carbamates (subject to hydrolysis) is 1. The molecule has 2 heterocycles. The number of halogens is 1. The lowest BCUT2D eigenvalue weighted by Gasteiger charge is -2.44. The zero-order valence-corrected chi connectivity index (χ0v) is 25.9. The Morgan fingerprint density at radius 1 is 1.14 bits per heavy atom. The quantitative estimate of drug-likeness (QED) is 0.258. The Morgan fingerprint density at radius 2 is 1.98 bits per heavy atom. The molecule has 1 fully saturated rings. The number of amides is 2. The number of fused-ring (bicyclic) bond motifs is 1. The van der Waals surface area contributed by atoms with Crippen molar-refractivity contribution in [3.8, 4) is 11.1 Å². The summed E-state index contributed by atoms with van der Waals surface area (Å²) in [5.41, 5.74) is 5.58. The van der Waals surface area contributed by atoms with Gasteiger partial charge in [0.1, 0.15) is 0 Å². The molecule has 2 aliphatic rings. The van der Waals surface area contributed by atoms with E-state index in [1.165, 1.54) is 23.8 Å². The van der Waals surface area contributed by atoms with Gasteiger partial charge in [-0.25, -0.2) is 4.79 Å². The number of benzene rings is 3. The molecule has 0 radical (unpaired) electrons. The molecule has 0 aliphatic carbocycles. The summed E-state index contributed by atoms with van der Waals surface area (Å²) >= 11 is 6.89. The van der Waals surface area contributed by atoms with Gasteiger partial charge in [0, 0.05) is 48.2 Å². The van der Waals surface area contributed by atoms with Gasteiger partial charge in [0.05, 0.1) is 12.7 Å². The van der Waals surface area contributed by atoms with Crippen LogP contribution < -0.4 is 10.6 Å². The van der Waals surface area contributed by atoms with Crippen LogP contribution in [0.3, 0.4) is 0 Å². The van der Waals surface area contributed by atoms with Crippen LogP contribution in [0.4, 0.5) is 4.79 Å². The predicted molar refractivity (Wildman–Crippen MR) is 170 cm³/mol. The summed E-state index contributed by atoms with van der Waals surface area (Å²) in [7, 11) is 1.33. The first-order chi connectivity index (χ1) is 20.8. The van der Waals surface area contributed by atoms with E-state index in [1.54, 1.807) is 0 Å². The number of aliphatic hydroxyl groups is 1. The van der Waals surface area contributed by atoms with Crippen LogP contribution in [0.15, 0.2) is 60.7 Å². The maximum absolute atomic E-state index is 13.8. The van der Waals surface area contributed by atoms with Crippen molar-refractivity contribution in [2.45, 2.75) is 57.6 Å². The van der Waals surface area contributed by atoms with E-state index in [-0.39, 0.29) is 11.8 Å². The summed E-state index contributed by atoms with van der Waals surface area (Å²) in [4.78, 5) is 27.4. The fraction of sp³-hybridized carbons (Fsp3) is 0.429. The zero-order chi connectivity index (χ0) is 30.4. The van der Waals surface area contributed by atoms with Crippen molar-refractivity contribution in [3.05, 3.63) is 93.5 Å². The molecule has 0 spiro atoms. The summed E-state index contributed by atoms with van der Waals surface area (Å²) in [6.45, 7) is 5.27.